The fourth-order valence-electron chi connectivity index (χ4n) is 11.9. The molecule has 24 heteroatoms. The molecule has 2 amide bonds. The molecule has 2 fully saturated rings. The molecule has 18 nitrogen and oxygen atoms in total. The van der Waals surface area contributed by atoms with Crippen LogP contribution in [0.5, 0.6) is 11.5 Å². The van der Waals surface area contributed by atoms with Gasteiger partial charge in [-0.3, -0.25) is 14.6 Å². The van der Waals surface area contributed by atoms with E-state index in [-0.39, 0.29) is 98.6 Å². The van der Waals surface area contributed by atoms with Crippen LogP contribution in [0.15, 0.2) is 82.6 Å². The number of carbonyl (C=O) groups is 2. The third-order valence-electron chi connectivity index (χ3n) is 16.4. The number of piperidine rings is 2. The number of Topliss-reactive ketones (excluding diaryl/α,β-unsaturated/α-hetero) is 1. The lowest BCUT2D eigenvalue weighted by Gasteiger charge is -2.40. The predicted molar refractivity (Wildman–Crippen MR) is 335 cm³/mol. The van der Waals surface area contributed by atoms with Gasteiger partial charge in [-0.05, 0) is 169 Å². The molecule has 0 spiro atoms. The Bertz CT molecular complexity index is 2860. The lowest BCUT2D eigenvalue weighted by molar-refractivity contribution is -0.119. The van der Waals surface area contributed by atoms with E-state index in [4.69, 9.17) is 74.8 Å². The van der Waals surface area contributed by atoms with E-state index in [0.29, 0.717) is 89.2 Å². The van der Waals surface area contributed by atoms with Crippen LogP contribution < -0.4 is 29.6 Å². The number of ether oxygens (including phenoxy) is 6. The molecular weight excluding hydrogens is 1230 g/mol. The van der Waals surface area contributed by atoms with Gasteiger partial charge in [0.25, 0.3) is 0 Å². The smallest absolute Gasteiger partial charge is 0.314 e. The summed E-state index contributed by atoms with van der Waals surface area (Å²) in [6.07, 6.45) is 11.6. The van der Waals surface area contributed by atoms with Crippen LogP contribution in [0.4, 0.5) is 4.79 Å². The van der Waals surface area contributed by atoms with Gasteiger partial charge in [-0.1, -0.05) is 65.7 Å². The standard InChI is InChI=1S/C62H84Cl4N6O12S2/c1-43-11-5-8-27-71(43)58-41-52-54(37-45(63)39-56(52)65)60(58)83-48-15-19-50(20-16-48)85(75,76)69-25-31-81-34-33-79-29-10-14-47(73)13-4-3-7-23-67-62(74)68-24-30-80-35-36-82-32-26-70-86(77,78)51-21-17-49(18-22-51)84-61-55-38-46(64)40-57(66)53(55)42-59(61)72-28-9-6-12-44(72)2/h15-22,37-40,43-44,58-61,69-70H,3-14,23-36,41-42H2,1-2H3,(H2,67,68,74)/t43-,44-,58+,59+,60+,61+/m1/s1. The molecule has 2 aliphatic heterocycles. The first-order valence-electron chi connectivity index (χ1n) is 30.3. The molecule has 8 rings (SSSR count). The van der Waals surface area contributed by atoms with Crippen molar-refractivity contribution in [2.75, 3.05) is 92.1 Å². The Hall–Kier alpha value is -3.84. The molecule has 86 heavy (non-hydrogen) atoms. The molecule has 4 aromatic carbocycles. The maximum Gasteiger partial charge on any atom is 0.314 e. The minimum atomic E-state index is -3.79. The number of amides is 2. The fourth-order valence-corrected chi connectivity index (χ4v) is 15.1. The van der Waals surface area contributed by atoms with E-state index in [0.717, 1.165) is 93.1 Å². The van der Waals surface area contributed by atoms with E-state index in [1.54, 1.807) is 36.4 Å². The Morgan fingerprint density at radius 2 is 0.942 bits per heavy atom. The lowest BCUT2D eigenvalue weighted by Crippen LogP contribution is -2.47. The molecule has 2 heterocycles. The summed E-state index contributed by atoms with van der Waals surface area (Å²) in [4.78, 5) is 29.8. The van der Waals surface area contributed by atoms with Crippen molar-refractivity contribution in [2.24, 2.45) is 0 Å². The minimum absolute atomic E-state index is 0.0746. The van der Waals surface area contributed by atoms with Crippen molar-refractivity contribution >= 4 is 78.3 Å². The van der Waals surface area contributed by atoms with Crippen LogP contribution in [0.25, 0.3) is 0 Å². The van der Waals surface area contributed by atoms with E-state index in [9.17, 15) is 26.4 Å². The predicted octanol–water partition coefficient (Wildman–Crippen LogP) is 10.7. The maximum atomic E-state index is 13.1. The third kappa shape index (κ3) is 19.8. The van der Waals surface area contributed by atoms with Gasteiger partial charge in [0.1, 0.15) is 29.5 Å². The number of unbranched alkanes of at least 4 members (excludes halogenated alkanes) is 2. The van der Waals surface area contributed by atoms with Gasteiger partial charge in [0.05, 0.1) is 68.1 Å². The number of likely N-dealkylation sites (tertiary alicyclic amines) is 2. The summed E-state index contributed by atoms with van der Waals surface area (Å²) in [6, 6.07) is 20.9. The van der Waals surface area contributed by atoms with E-state index in [1.807, 2.05) is 12.1 Å². The van der Waals surface area contributed by atoms with Gasteiger partial charge in [-0.2, -0.15) is 0 Å². The summed E-state index contributed by atoms with van der Waals surface area (Å²) in [5.74, 6) is 1.27. The number of urea groups is 1. The Balaban J connectivity index is 0.582. The number of hydrogen-bond acceptors (Lipinski definition) is 14. The molecule has 2 aliphatic carbocycles. The normalized spacial score (nSPS) is 20.8. The zero-order chi connectivity index (χ0) is 61.1. The molecule has 0 bridgehead atoms. The average Bonchev–Trinajstić information content (AvgIpc) is 1.98. The highest BCUT2D eigenvalue weighted by atomic mass is 35.5. The summed E-state index contributed by atoms with van der Waals surface area (Å²) in [5.41, 5.74) is 4.02. The minimum Gasteiger partial charge on any atom is -0.484 e. The first kappa shape index (κ1) is 68.1. The molecule has 0 saturated carbocycles. The summed E-state index contributed by atoms with van der Waals surface area (Å²) in [5, 5.41) is 7.93. The average molecular weight is 1310 g/mol. The van der Waals surface area contributed by atoms with Crippen molar-refractivity contribution in [1.82, 2.24) is 29.9 Å². The fraction of sp³-hybridized carbons (Fsp3) is 0.581. The first-order chi connectivity index (χ1) is 41.5. The van der Waals surface area contributed by atoms with Crippen molar-refractivity contribution in [2.45, 2.75) is 150 Å². The second-order valence-corrected chi connectivity index (χ2v) is 27.7. The molecule has 4 aromatic rings. The number of nitrogens with zero attached hydrogens (tertiary/aromatic N) is 2. The number of hydrogen-bond donors (Lipinski definition) is 4. The SMILES string of the molecule is C[C@@H]1CCCCN1[C@H]1Cc2c(Cl)cc(Cl)cc2[C@@H]1Oc1ccc(S(=O)(=O)NCCOCCOCCCC(=O)CCCCCNC(=O)NCCOCCOCCNS(=O)(=O)c2ccc(O[C@H]3c4cc(Cl)cc(Cl)c4C[C@@H]3N3CCCC[C@H]3C)cc2)cc1. The van der Waals surface area contributed by atoms with Crippen molar-refractivity contribution in [3.63, 3.8) is 0 Å². The van der Waals surface area contributed by atoms with Gasteiger partial charge < -0.3 is 39.1 Å². The summed E-state index contributed by atoms with van der Waals surface area (Å²) in [6.45, 7) is 9.56. The molecule has 6 atom stereocenters. The Morgan fingerprint density at radius 1 is 0.512 bits per heavy atom. The third-order valence-corrected chi connectivity index (χ3v) is 20.5. The maximum absolute atomic E-state index is 13.1. The highest BCUT2D eigenvalue weighted by Gasteiger charge is 2.43. The molecule has 0 unspecified atom stereocenters. The number of nitrogens with one attached hydrogen (secondary N) is 4. The molecular formula is C62H84Cl4N6O12S2. The Labute approximate surface area is 528 Å². The van der Waals surface area contributed by atoms with Crippen molar-refractivity contribution in [1.29, 1.82) is 0 Å². The van der Waals surface area contributed by atoms with Crippen molar-refractivity contribution < 1.29 is 54.8 Å². The van der Waals surface area contributed by atoms with Crippen LogP contribution in [-0.4, -0.2) is 155 Å². The highest BCUT2D eigenvalue weighted by Crippen LogP contribution is 2.46. The molecule has 0 aromatic heterocycles. The van der Waals surface area contributed by atoms with Crippen LogP contribution >= 0.6 is 46.4 Å². The van der Waals surface area contributed by atoms with E-state index < -0.39 is 20.0 Å². The van der Waals surface area contributed by atoms with Gasteiger partial charge in [-0.15, -0.1) is 0 Å². The van der Waals surface area contributed by atoms with Crippen LogP contribution in [0, 0.1) is 0 Å². The van der Waals surface area contributed by atoms with Crippen LogP contribution in [0.2, 0.25) is 20.1 Å². The lowest BCUT2D eigenvalue weighted by atomic mass is 9.99. The number of carbonyl (C=O) groups excluding carboxylic acids is 2. The quantitative estimate of drug-likeness (QED) is 0.0316. The summed E-state index contributed by atoms with van der Waals surface area (Å²) >= 11 is 26.2. The Morgan fingerprint density at radius 3 is 1.41 bits per heavy atom. The first-order valence-corrected chi connectivity index (χ1v) is 34.8. The Kier molecular flexibility index (Phi) is 26.8. The van der Waals surface area contributed by atoms with Gasteiger partial charge in [0.15, 0.2) is 0 Å². The number of fused-ring (bicyclic) bond motifs is 2. The zero-order valence-corrected chi connectivity index (χ0v) is 54.0. The number of ketones is 1. The second-order valence-electron chi connectivity index (χ2n) is 22.5. The van der Waals surface area contributed by atoms with E-state index >= 15 is 0 Å². The van der Waals surface area contributed by atoms with Gasteiger partial charge in [0, 0.05) is 88.9 Å². The van der Waals surface area contributed by atoms with Crippen LogP contribution in [0.3, 0.4) is 0 Å². The van der Waals surface area contributed by atoms with Crippen molar-refractivity contribution in [3.8, 4) is 11.5 Å². The summed E-state index contributed by atoms with van der Waals surface area (Å²) in [7, 11) is -7.58. The topological polar surface area (TPSA) is 212 Å². The monoisotopic (exact) mass is 1310 g/mol. The molecule has 474 valence electrons. The molecule has 4 N–H and O–H groups in total. The number of sulfonamides is 2. The van der Waals surface area contributed by atoms with Crippen LogP contribution in [-0.2, 0) is 56.6 Å². The van der Waals surface area contributed by atoms with Gasteiger partial charge >= 0.3 is 6.03 Å². The number of benzene rings is 4. The largest absolute Gasteiger partial charge is 0.484 e. The van der Waals surface area contributed by atoms with E-state index in [2.05, 4.69) is 43.7 Å². The molecule has 0 radical (unpaired) electrons. The summed E-state index contributed by atoms with van der Waals surface area (Å²) < 4.78 is 92.9. The van der Waals surface area contributed by atoms with Crippen molar-refractivity contribution in [3.05, 3.63) is 115 Å². The number of halogens is 4. The highest BCUT2D eigenvalue weighted by molar-refractivity contribution is 7.89. The number of rotatable bonds is 35. The zero-order valence-electron chi connectivity index (χ0n) is 49.3. The van der Waals surface area contributed by atoms with Crippen LogP contribution in [0.1, 0.15) is 125 Å². The van der Waals surface area contributed by atoms with Gasteiger partial charge in [0.2, 0.25) is 20.0 Å². The molecule has 2 saturated heterocycles. The van der Waals surface area contributed by atoms with E-state index in [1.165, 1.54) is 37.1 Å². The second kappa shape index (κ2) is 33.8. The molecule has 4 aliphatic rings. The van der Waals surface area contributed by atoms with Gasteiger partial charge in [-0.25, -0.2) is 31.1 Å².